The van der Waals surface area contributed by atoms with Crippen molar-refractivity contribution in [1.82, 2.24) is 25.1 Å². The number of hydrogen-bond acceptors (Lipinski definition) is 6. The van der Waals surface area contributed by atoms with Crippen molar-refractivity contribution in [3.8, 4) is 0 Å². The zero-order chi connectivity index (χ0) is 19.2. The molecule has 3 amide bonds. The maximum atomic E-state index is 12.3. The normalized spacial score (nSPS) is 23.1. The molecule has 2 aliphatic heterocycles. The highest BCUT2D eigenvalue weighted by Crippen LogP contribution is 2.27. The van der Waals surface area contributed by atoms with Gasteiger partial charge in [0.2, 0.25) is 0 Å². The van der Waals surface area contributed by atoms with Crippen molar-refractivity contribution in [3.05, 3.63) is 24.0 Å². The van der Waals surface area contributed by atoms with E-state index in [9.17, 15) is 18.0 Å². The SMILES string of the molecule is O=C(NC1CCCC1)c1ccn(C2=CC3CN(C2)C(=O)N3OS(=O)(=O)O)n1. The second-order valence-corrected chi connectivity index (χ2v) is 7.82. The molecule has 1 unspecified atom stereocenters. The van der Waals surface area contributed by atoms with Gasteiger partial charge in [0.15, 0.2) is 5.69 Å². The molecule has 12 heteroatoms. The molecule has 146 valence electrons. The first-order valence-corrected chi connectivity index (χ1v) is 9.99. The van der Waals surface area contributed by atoms with Crippen LogP contribution in [0.2, 0.25) is 0 Å². The largest absolute Gasteiger partial charge is 0.418 e. The molecule has 1 aromatic heterocycles. The first kappa shape index (κ1) is 17.9. The van der Waals surface area contributed by atoms with Crippen molar-refractivity contribution in [1.29, 1.82) is 0 Å². The number of aromatic nitrogens is 2. The fourth-order valence-corrected chi connectivity index (χ4v) is 4.03. The van der Waals surface area contributed by atoms with Crippen LogP contribution in [0.1, 0.15) is 36.2 Å². The third kappa shape index (κ3) is 3.68. The third-order valence-electron chi connectivity index (χ3n) is 4.89. The molecule has 0 spiro atoms. The molecule has 4 rings (SSSR count). The van der Waals surface area contributed by atoms with Gasteiger partial charge in [-0.25, -0.2) is 9.48 Å². The van der Waals surface area contributed by atoms with Gasteiger partial charge in [-0.15, -0.1) is 4.28 Å². The minimum Gasteiger partial charge on any atom is -0.348 e. The van der Waals surface area contributed by atoms with E-state index in [1.165, 1.54) is 9.58 Å². The lowest BCUT2D eigenvalue weighted by Crippen LogP contribution is -2.35. The lowest BCUT2D eigenvalue weighted by molar-refractivity contribution is -0.0183. The van der Waals surface area contributed by atoms with E-state index in [-0.39, 0.29) is 30.7 Å². The van der Waals surface area contributed by atoms with E-state index in [0.717, 1.165) is 25.7 Å². The number of carbonyl (C=O) groups is 2. The fraction of sp³-hybridized carbons (Fsp3) is 0.533. The summed E-state index contributed by atoms with van der Waals surface area (Å²) in [4.78, 5) is 25.8. The molecule has 2 fully saturated rings. The summed E-state index contributed by atoms with van der Waals surface area (Å²) in [5.41, 5.74) is 0.869. The molecular weight excluding hydrogens is 378 g/mol. The Hall–Kier alpha value is -2.44. The van der Waals surface area contributed by atoms with Gasteiger partial charge in [-0.05, 0) is 25.0 Å². The van der Waals surface area contributed by atoms with Crippen molar-refractivity contribution in [2.24, 2.45) is 0 Å². The standard InChI is InChI=1S/C15H19N5O6S/c21-14(16-10-3-1-2-4-10)13-5-6-19(17-13)11-7-12-9-18(8-11)15(22)20(12)26-27(23,24)25/h5-7,10,12H,1-4,8-9H2,(H,16,21)(H,23,24,25). The highest BCUT2D eigenvalue weighted by molar-refractivity contribution is 7.80. The molecule has 1 aliphatic carbocycles. The van der Waals surface area contributed by atoms with E-state index in [0.29, 0.717) is 10.8 Å². The number of hydrogen-bond donors (Lipinski definition) is 2. The van der Waals surface area contributed by atoms with E-state index in [1.807, 2.05) is 0 Å². The van der Waals surface area contributed by atoms with Crippen LogP contribution >= 0.6 is 0 Å². The Bertz CT molecular complexity index is 904. The van der Waals surface area contributed by atoms with Gasteiger partial charge in [0, 0.05) is 18.8 Å². The maximum absolute atomic E-state index is 12.3. The molecule has 27 heavy (non-hydrogen) atoms. The lowest BCUT2D eigenvalue weighted by Gasteiger charge is -2.21. The summed E-state index contributed by atoms with van der Waals surface area (Å²) < 4.78 is 36.5. The molecule has 0 radical (unpaired) electrons. The molecule has 3 heterocycles. The van der Waals surface area contributed by atoms with Crippen LogP contribution in [0, 0.1) is 0 Å². The van der Waals surface area contributed by atoms with Gasteiger partial charge in [0.1, 0.15) is 6.04 Å². The van der Waals surface area contributed by atoms with Crippen molar-refractivity contribution in [2.75, 3.05) is 13.1 Å². The molecule has 2 bridgehead atoms. The number of amides is 3. The Labute approximate surface area is 155 Å². The molecule has 2 N–H and O–H groups in total. The summed E-state index contributed by atoms with van der Waals surface area (Å²) in [7, 11) is -4.81. The minimum atomic E-state index is -4.81. The van der Waals surface area contributed by atoms with Crippen LogP contribution in [0.3, 0.4) is 0 Å². The van der Waals surface area contributed by atoms with Crippen LogP contribution in [0.4, 0.5) is 4.79 Å². The van der Waals surface area contributed by atoms with Crippen molar-refractivity contribution in [3.63, 3.8) is 0 Å². The third-order valence-corrected chi connectivity index (χ3v) is 5.24. The van der Waals surface area contributed by atoms with Gasteiger partial charge in [-0.2, -0.15) is 18.6 Å². The lowest BCUT2D eigenvalue weighted by atomic mass is 10.2. The van der Waals surface area contributed by atoms with Gasteiger partial charge in [-0.1, -0.05) is 12.8 Å². The summed E-state index contributed by atoms with van der Waals surface area (Å²) in [5.74, 6) is -0.243. The Morgan fingerprint density at radius 2 is 2.07 bits per heavy atom. The van der Waals surface area contributed by atoms with Gasteiger partial charge < -0.3 is 10.2 Å². The summed E-state index contributed by atoms with van der Waals surface area (Å²) >= 11 is 0. The summed E-state index contributed by atoms with van der Waals surface area (Å²) in [6, 6.07) is 0.409. The van der Waals surface area contributed by atoms with Gasteiger partial charge in [0.05, 0.1) is 12.2 Å². The Kier molecular flexibility index (Phi) is 4.40. The van der Waals surface area contributed by atoms with E-state index >= 15 is 0 Å². The van der Waals surface area contributed by atoms with Crippen molar-refractivity contribution < 1.29 is 26.8 Å². The van der Waals surface area contributed by atoms with Crippen molar-refractivity contribution in [2.45, 2.75) is 37.8 Å². The highest BCUT2D eigenvalue weighted by atomic mass is 32.3. The predicted octanol–water partition coefficient (Wildman–Crippen LogP) is 0.251. The van der Waals surface area contributed by atoms with E-state index in [2.05, 4.69) is 14.7 Å². The van der Waals surface area contributed by atoms with Crippen LogP contribution in [-0.2, 0) is 14.7 Å². The number of urea groups is 1. The first-order chi connectivity index (χ1) is 12.8. The predicted molar refractivity (Wildman–Crippen MR) is 91.5 cm³/mol. The number of hydroxylamine groups is 2. The quantitative estimate of drug-likeness (QED) is 0.680. The average Bonchev–Trinajstić information content (AvgIpc) is 3.32. The topological polar surface area (TPSA) is 134 Å². The zero-order valence-corrected chi connectivity index (χ0v) is 15.1. The monoisotopic (exact) mass is 397 g/mol. The van der Waals surface area contributed by atoms with Crippen LogP contribution in [0.15, 0.2) is 18.3 Å². The highest BCUT2D eigenvalue weighted by Gasteiger charge is 2.43. The Balaban J connectivity index is 1.49. The Morgan fingerprint density at radius 1 is 1.33 bits per heavy atom. The molecule has 1 saturated heterocycles. The number of fused-ring (bicyclic) bond motifs is 2. The number of nitrogens with zero attached hydrogens (tertiary/aromatic N) is 4. The summed E-state index contributed by atoms with van der Waals surface area (Å²) in [6.07, 6.45) is 7.40. The molecule has 1 atom stereocenters. The van der Waals surface area contributed by atoms with Gasteiger partial charge in [0.25, 0.3) is 5.91 Å². The fourth-order valence-electron chi connectivity index (χ4n) is 3.65. The molecule has 1 saturated carbocycles. The van der Waals surface area contributed by atoms with E-state index in [1.54, 1.807) is 18.3 Å². The van der Waals surface area contributed by atoms with E-state index in [4.69, 9.17) is 4.55 Å². The second kappa shape index (κ2) is 6.62. The number of rotatable bonds is 5. The molecular formula is C15H19N5O6S. The zero-order valence-electron chi connectivity index (χ0n) is 14.3. The summed E-state index contributed by atoms with van der Waals surface area (Å²) in [6.45, 7) is 0.403. The number of carbonyl (C=O) groups excluding carboxylic acids is 2. The summed E-state index contributed by atoms with van der Waals surface area (Å²) in [5, 5.41) is 7.84. The molecule has 11 nitrogen and oxygen atoms in total. The van der Waals surface area contributed by atoms with Crippen LogP contribution < -0.4 is 5.32 Å². The molecule has 3 aliphatic rings. The van der Waals surface area contributed by atoms with Gasteiger partial charge in [-0.3, -0.25) is 9.35 Å². The second-order valence-electron chi connectivity index (χ2n) is 6.82. The average molecular weight is 397 g/mol. The first-order valence-electron chi connectivity index (χ1n) is 8.63. The van der Waals surface area contributed by atoms with Crippen LogP contribution in [0.25, 0.3) is 5.70 Å². The molecule has 0 aromatic carbocycles. The van der Waals surface area contributed by atoms with Gasteiger partial charge >= 0.3 is 16.4 Å². The van der Waals surface area contributed by atoms with Crippen LogP contribution in [0.5, 0.6) is 0 Å². The maximum Gasteiger partial charge on any atom is 0.418 e. The van der Waals surface area contributed by atoms with Crippen LogP contribution in [-0.4, -0.2) is 69.8 Å². The van der Waals surface area contributed by atoms with E-state index < -0.39 is 22.5 Å². The molecule has 1 aromatic rings. The van der Waals surface area contributed by atoms with Crippen molar-refractivity contribution >= 4 is 28.0 Å². The Morgan fingerprint density at radius 3 is 2.78 bits per heavy atom. The smallest absolute Gasteiger partial charge is 0.348 e. The minimum absolute atomic E-state index is 0.173. The number of nitrogens with one attached hydrogen (secondary N) is 1.